The summed E-state index contributed by atoms with van der Waals surface area (Å²) in [5, 5.41) is 9.73. The second-order valence-corrected chi connectivity index (χ2v) is 5.32. The SMILES string of the molecule is CCCC1(C(=O)O)CCCN1C(CC)c1ccco1. The molecule has 1 aliphatic rings. The van der Waals surface area contributed by atoms with Crippen molar-refractivity contribution < 1.29 is 14.3 Å². The summed E-state index contributed by atoms with van der Waals surface area (Å²) in [5.74, 6) is 0.197. The number of rotatable bonds is 6. The lowest BCUT2D eigenvalue weighted by atomic mass is 9.89. The summed E-state index contributed by atoms with van der Waals surface area (Å²) in [6.07, 6.45) is 5.82. The Labute approximate surface area is 114 Å². The van der Waals surface area contributed by atoms with Gasteiger partial charge in [-0.3, -0.25) is 9.69 Å². The first-order valence-corrected chi connectivity index (χ1v) is 7.19. The molecule has 2 unspecified atom stereocenters. The Kier molecular flexibility index (Phi) is 4.30. The van der Waals surface area contributed by atoms with Gasteiger partial charge in [0.15, 0.2) is 0 Å². The molecule has 4 nitrogen and oxygen atoms in total. The van der Waals surface area contributed by atoms with Gasteiger partial charge < -0.3 is 9.52 Å². The van der Waals surface area contributed by atoms with E-state index in [1.807, 2.05) is 12.1 Å². The lowest BCUT2D eigenvalue weighted by molar-refractivity contribution is -0.152. The van der Waals surface area contributed by atoms with Gasteiger partial charge >= 0.3 is 5.97 Å². The predicted octanol–water partition coefficient (Wildman–Crippen LogP) is 3.45. The summed E-state index contributed by atoms with van der Waals surface area (Å²) in [5.41, 5.74) is -0.706. The number of hydrogen-bond acceptors (Lipinski definition) is 3. The fourth-order valence-electron chi connectivity index (χ4n) is 3.43. The van der Waals surface area contributed by atoms with Crippen molar-refractivity contribution in [2.24, 2.45) is 0 Å². The Morgan fingerprint density at radius 1 is 1.58 bits per heavy atom. The summed E-state index contributed by atoms with van der Waals surface area (Å²) < 4.78 is 5.52. The smallest absolute Gasteiger partial charge is 0.324 e. The first-order chi connectivity index (χ1) is 9.15. The molecule has 0 aliphatic carbocycles. The molecular formula is C15H23NO3. The minimum Gasteiger partial charge on any atom is -0.480 e. The quantitative estimate of drug-likeness (QED) is 0.856. The van der Waals surface area contributed by atoms with Gasteiger partial charge in [0.2, 0.25) is 0 Å². The summed E-state index contributed by atoms with van der Waals surface area (Å²) >= 11 is 0. The van der Waals surface area contributed by atoms with E-state index in [4.69, 9.17) is 4.42 Å². The van der Waals surface area contributed by atoms with Gasteiger partial charge in [-0.1, -0.05) is 20.3 Å². The van der Waals surface area contributed by atoms with Crippen LogP contribution in [-0.2, 0) is 4.79 Å². The molecule has 0 aromatic carbocycles. The molecule has 0 spiro atoms. The number of carboxylic acid groups (broad SMARTS) is 1. The number of carboxylic acids is 1. The third-order valence-corrected chi connectivity index (χ3v) is 4.24. The van der Waals surface area contributed by atoms with Gasteiger partial charge in [-0.2, -0.15) is 0 Å². The van der Waals surface area contributed by atoms with Crippen molar-refractivity contribution in [3.63, 3.8) is 0 Å². The van der Waals surface area contributed by atoms with E-state index < -0.39 is 11.5 Å². The molecule has 4 heteroatoms. The Morgan fingerprint density at radius 2 is 2.37 bits per heavy atom. The highest BCUT2D eigenvalue weighted by molar-refractivity contribution is 5.79. The van der Waals surface area contributed by atoms with E-state index >= 15 is 0 Å². The van der Waals surface area contributed by atoms with E-state index in [2.05, 4.69) is 18.7 Å². The van der Waals surface area contributed by atoms with Gasteiger partial charge in [-0.05, 0) is 37.8 Å². The van der Waals surface area contributed by atoms with Crippen LogP contribution < -0.4 is 0 Å². The third-order valence-electron chi connectivity index (χ3n) is 4.24. The fourth-order valence-corrected chi connectivity index (χ4v) is 3.43. The van der Waals surface area contributed by atoms with Gasteiger partial charge in [0.25, 0.3) is 0 Å². The standard InChI is InChI=1S/C15H23NO3/c1-3-8-15(14(17)18)9-6-10-16(15)12(4-2)13-7-5-11-19-13/h5,7,11-12H,3-4,6,8-10H2,1-2H3,(H,17,18). The zero-order valence-corrected chi connectivity index (χ0v) is 11.8. The lowest BCUT2D eigenvalue weighted by Crippen LogP contribution is -2.51. The maximum absolute atomic E-state index is 11.8. The second-order valence-electron chi connectivity index (χ2n) is 5.32. The van der Waals surface area contributed by atoms with Crippen LogP contribution >= 0.6 is 0 Å². The van der Waals surface area contributed by atoms with E-state index in [1.165, 1.54) is 0 Å². The van der Waals surface area contributed by atoms with Crippen molar-refractivity contribution >= 4 is 5.97 Å². The number of hydrogen-bond donors (Lipinski definition) is 1. The molecule has 1 aromatic heterocycles. The van der Waals surface area contributed by atoms with Crippen LogP contribution in [0.1, 0.15) is 57.8 Å². The molecule has 2 rings (SSSR count). The molecule has 106 valence electrons. The number of likely N-dealkylation sites (tertiary alicyclic amines) is 1. The topological polar surface area (TPSA) is 53.7 Å². The third kappa shape index (κ3) is 2.41. The zero-order valence-electron chi connectivity index (χ0n) is 11.8. The number of furan rings is 1. The molecular weight excluding hydrogens is 242 g/mol. The molecule has 1 saturated heterocycles. The van der Waals surface area contributed by atoms with Crippen molar-refractivity contribution in [3.8, 4) is 0 Å². The second kappa shape index (κ2) is 5.78. The van der Waals surface area contributed by atoms with Crippen LogP contribution in [-0.4, -0.2) is 28.1 Å². The average molecular weight is 265 g/mol. The number of carbonyl (C=O) groups is 1. The molecule has 1 aliphatic heterocycles. The zero-order chi connectivity index (χ0) is 13.9. The van der Waals surface area contributed by atoms with Crippen LogP contribution in [0.25, 0.3) is 0 Å². The van der Waals surface area contributed by atoms with Crippen LogP contribution in [0.3, 0.4) is 0 Å². The predicted molar refractivity (Wildman–Crippen MR) is 73.0 cm³/mol. The molecule has 1 aromatic rings. The fraction of sp³-hybridized carbons (Fsp3) is 0.667. The van der Waals surface area contributed by atoms with Gasteiger partial charge in [-0.25, -0.2) is 0 Å². The maximum atomic E-state index is 11.8. The van der Waals surface area contributed by atoms with Gasteiger partial charge in [0.1, 0.15) is 11.3 Å². The Balaban J connectivity index is 2.32. The molecule has 0 amide bonds. The van der Waals surface area contributed by atoms with Crippen LogP contribution in [0.2, 0.25) is 0 Å². The molecule has 2 heterocycles. The minimum atomic E-state index is -0.706. The van der Waals surface area contributed by atoms with Gasteiger partial charge in [0, 0.05) is 6.54 Å². The molecule has 19 heavy (non-hydrogen) atoms. The van der Waals surface area contributed by atoms with Crippen molar-refractivity contribution in [2.75, 3.05) is 6.54 Å². The first kappa shape index (κ1) is 14.1. The van der Waals surface area contributed by atoms with Crippen LogP contribution in [0, 0.1) is 0 Å². The largest absolute Gasteiger partial charge is 0.480 e. The van der Waals surface area contributed by atoms with Gasteiger partial charge in [-0.15, -0.1) is 0 Å². The molecule has 0 radical (unpaired) electrons. The van der Waals surface area contributed by atoms with Crippen LogP contribution in [0.4, 0.5) is 0 Å². The molecule has 1 N–H and O–H groups in total. The Morgan fingerprint density at radius 3 is 2.89 bits per heavy atom. The Bertz CT molecular complexity index is 415. The van der Waals surface area contributed by atoms with E-state index in [0.717, 1.165) is 38.0 Å². The maximum Gasteiger partial charge on any atom is 0.324 e. The highest BCUT2D eigenvalue weighted by atomic mass is 16.4. The molecule has 0 saturated carbocycles. The summed E-state index contributed by atoms with van der Waals surface area (Å²) in [4.78, 5) is 14.0. The van der Waals surface area contributed by atoms with Crippen molar-refractivity contribution in [1.29, 1.82) is 0 Å². The number of nitrogens with zero attached hydrogens (tertiary/aromatic N) is 1. The highest BCUT2D eigenvalue weighted by Gasteiger charge is 2.49. The van der Waals surface area contributed by atoms with E-state index in [-0.39, 0.29) is 6.04 Å². The van der Waals surface area contributed by atoms with E-state index in [0.29, 0.717) is 6.42 Å². The summed E-state index contributed by atoms with van der Waals surface area (Å²) in [6, 6.07) is 3.89. The van der Waals surface area contributed by atoms with Crippen molar-refractivity contribution in [3.05, 3.63) is 24.2 Å². The summed E-state index contributed by atoms with van der Waals surface area (Å²) in [6.45, 7) is 4.98. The molecule has 0 bridgehead atoms. The first-order valence-electron chi connectivity index (χ1n) is 7.19. The van der Waals surface area contributed by atoms with Gasteiger partial charge in [0.05, 0.1) is 12.3 Å². The Hall–Kier alpha value is -1.29. The normalized spacial score (nSPS) is 25.6. The van der Waals surface area contributed by atoms with Crippen molar-refractivity contribution in [1.82, 2.24) is 4.90 Å². The monoisotopic (exact) mass is 265 g/mol. The highest BCUT2D eigenvalue weighted by Crippen LogP contribution is 2.41. The van der Waals surface area contributed by atoms with E-state index in [1.54, 1.807) is 6.26 Å². The van der Waals surface area contributed by atoms with E-state index in [9.17, 15) is 9.90 Å². The molecule has 1 fully saturated rings. The minimum absolute atomic E-state index is 0.0696. The number of aliphatic carboxylic acids is 1. The lowest BCUT2D eigenvalue weighted by Gasteiger charge is -2.39. The summed E-state index contributed by atoms with van der Waals surface area (Å²) in [7, 11) is 0. The molecule has 2 atom stereocenters. The van der Waals surface area contributed by atoms with Crippen LogP contribution in [0.5, 0.6) is 0 Å². The van der Waals surface area contributed by atoms with Crippen LogP contribution in [0.15, 0.2) is 22.8 Å². The van der Waals surface area contributed by atoms with Crippen molar-refractivity contribution in [2.45, 2.75) is 57.5 Å². The average Bonchev–Trinajstić information content (AvgIpc) is 3.02.